The summed E-state index contributed by atoms with van der Waals surface area (Å²) in [6.45, 7) is 3.94. The molecular formula is C30H34ClN3O6S. The van der Waals surface area contributed by atoms with Gasteiger partial charge < -0.3 is 19.7 Å². The molecule has 0 saturated carbocycles. The maximum Gasteiger partial charge on any atom is 0.244 e. The molecule has 41 heavy (non-hydrogen) atoms. The second kappa shape index (κ2) is 13.3. The molecule has 0 saturated heterocycles. The van der Waals surface area contributed by atoms with Crippen LogP contribution in [0.25, 0.3) is 0 Å². The molecule has 9 nitrogen and oxygen atoms in total. The van der Waals surface area contributed by atoms with Gasteiger partial charge in [-0.1, -0.05) is 67.9 Å². The van der Waals surface area contributed by atoms with Crippen molar-refractivity contribution in [1.82, 2.24) is 10.2 Å². The summed E-state index contributed by atoms with van der Waals surface area (Å²) in [5.74, 6) is 0.191. The van der Waals surface area contributed by atoms with Gasteiger partial charge in [-0.05, 0) is 41.3 Å². The molecule has 0 aliphatic carbocycles. The molecule has 0 unspecified atom stereocenters. The van der Waals surface area contributed by atoms with Crippen LogP contribution in [0.2, 0.25) is 5.02 Å². The second-order valence-corrected chi connectivity index (χ2v) is 12.6. The van der Waals surface area contributed by atoms with Gasteiger partial charge >= 0.3 is 0 Å². The van der Waals surface area contributed by atoms with Crippen molar-refractivity contribution in [2.75, 3.05) is 30.4 Å². The predicted molar refractivity (Wildman–Crippen MR) is 159 cm³/mol. The van der Waals surface area contributed by atoms with Crippen molar-refractivity contribution >= 4 is 39.1 Å². The second-order valence-electron chi connectivity index (χ2n) is 10.3. The Morgan fingerprint density at radius 3 is 2.34 bits per heavy atom. The Bertz CT molecular complexity index is 1480. The Labute approximate surface area is 246 Å². The van der Waals surface area contributed by atoms with Gasteiger partial charge in [-0.2, -0.15) is 0 Å². The minimum atomic E-state index is -3.90. The van der Waals surface area contributed by atoms with E-state index in [1.54, 1.807) is 30.3 Å². The molecule has 1 atom stereocenters. The van der Waals surface area contributed by atoms with E-state index in [0.29, 0.717) is 28.6 Å². The molecule has 11 heteroatoms. The van der Waals surface area contributed by atoms with E-state index in [-0.39, 0.29) is 37.3 Å². The van der Waals surface area contributed by atoms with E-state index >= 15 is 0 Å². The van der Waals surface area contributed by atoms with Gasteiger partial charge in [0.15, 0.2) is 11.5 Å². The zero-order chi connectivity index (χ0) is 29.6. The Morgan fingerprint density at radius 1 is 0.951 bits per heavy atom. The molecule has 1 N–H and O–H groups in total. The number of hydrogen-bond acceptors (Lipinski definition) is 6. The average Bonchev–Trinajstić information content (AvgIpc) is 3.40. The molecule has 0 radical (unpaired) electrons. The van der Waals surface area contributed by atoms with Crippen molar-refractivity contribution in [2.45, 2.75) is 32.9 Å². The lowest BCUT2D eigenvalue weighted by molar-refractivity contribution is -0.140. The molecule has 218 valence electrons. The third-order valence-corrected chi connectivity index (χ3v) is 7.90. The average molecular weight is 600 g/mol. The minimum absolute atomic E-state index is 0.0245. The first-order valence-electron chi connectivity index (χ1n) is 13.2. The smallest absolute Gasteiger partial charge is 0.244 e. The summed E-state index contributed by atoms with van der Waals surface area (Å²) >= 11 is 6.24. The van der Waals surface area contributed by atoms with E-state index in [1.165, 1.54) is 11.0 Å². The quantitative estimate of drug-likeness (QED) is 0.334. The lowest BCUT2D eigenvalue weighted by atomic mass is 10.0. The van der Waals surface area contributed by atoms with Crippen molar-refractivity contribution in [3.63, 3.8) is 0 Å². The van der Waals surface area contributed by atoms with E-state index in [1.807, 2.05) is 50.2 Å². The molecule has 2 amide bonds. The van der Waals surface area contributed by atoms with Crippen molar-refractivity contribution < 1.29 is 27.5 Å². The van der Waals surface area contributed by atoms with Crippen LogP contribution in [0.4, 0.5) is 5.69 Å². The summed E-state index contributed by atoms with van der Waals surface area (Å²) in [5.41, 5.74) is 1.81. The van der Waals surface area contributed by atoms with Gasteiger partial charge in [0, 0.05) is 30.6 Å². The summed E-state index contributed by atoms with van der Waals surface area (Å²) < 4.78 is 37.7. The van der Waals surface area contributed by atoms with Crippen LogP contribution in [0.1, 0.15) is 25.0 Å². The highest BCUT2D eigenvalue weighted by Gasteiger charge is 2.33. The number of sulfonamides is 1. The monoisotopic (exact) mass is 599 g/mol. The highest BCUT2D eigenvalue weighted by atomic mass is 35.5. The Balaban J connectivity index is 1.72. The van der Waals surface area contributed by atoms with Crippen molar-refractivity contribution in [1.29, 1.82) is 0 Å². The normalized spacial score (nSPS) is 13.1. The number of amides is 2. The zero-order valence-corrected chi connectivity index (χ0v) is 24.8. The number of fused-ring (bicyclic) bond motifs is 1. The first-order valence-corrected chi connectivity index (χ1v) is 15.5. The lowest BCUT2D eigenvalue weighted by Gasteiger charge is -2.33. The standard InChI is InChI=1S/C30H34ClN3O6S/c1-21(2)17-32-30(36)26(15-22-8-5-4-6-9-22)33(18-23-10-7-11-24(31)14-23)29(35)19-34(41(3,37)38)25-12-13-27-28(16-25)40-20-39-27/h4-14,16,21,26H,15,17-20H2,1-3H3,(H,32,36)/t26-/m0/s1. The fourth-order valence-corrected chi connectivity index (χ4v) is 5.52. The van der Waals surface area contributed by atoms with E-state index in [2.05, 4.69) is 5.32 Å². The molecule has 1 aliphatic rings. The highest BCUT2D eigenvalue weighted by Crippen LogP contribution is 2.36. The zero-order valence-electron chi connectivity index (χ0n) is 23.2. The number of carbonyl (C=O) groups excluding carboxylic acids is 2. The van der Waals surface area contributed by atoms with Crippen molar-refractivity contribution in [3.8, 4) is 11.5 Å². The van der Waals surface area contributed by atoms with E-state index < -0.39 is 28.5 Å². The van der Waals surface area contributed by atoms with Gasteiger partial charge in [0.1, 0.15) is 12.6 Å². The fraction of sp³-hybridized carbons (Fsp3) is 0.333. The van der Waals surface area contributed by atoms with Crippen LogP contribution >= 0.6 is 11.6 Å². The van der Waals surface area contributed by atoms with Gasteiger partial charge in [-0.3, -0.25) is 13.9 Å². The van der Waals surface area contributed by atoms with Crippen LogP contribution in [0.3, 0.4) is 0 Å². The summed E-state index contributed by atoms with van der Waals surface area (Å²) in [4.78, 5) is 29.2. The van der Waals surface area contributed by atoms with Gasteiger partial charge in [-0.25, -0.2) is 8.42 Å². The molecule has 1 aliphatic heterocycles. The molecule has 0 spiro atoms. The number of anilines is 1. The van der Waals surface area contributed by atoms with E-state index in [0.717, 1.165) is 16.1 Å². The maximum absolute atomic E-state index is 14.1. The minimum Gasteiger partial charge on any atom is -0.454 e. The molecule has 1 heterocycles. The summed E-state index contributed by atoms with van der Waals surface area (Å²) in [6, 6.07) is 20.2. The van der Waals surface area contributed by atoms with Gasteiger partial charge in [-0.15, -0.1) is 0 Å². The van der Waals surface area contributed by atoms with Crippen molar-refractivity contribution in [3.05, 3.63) is 88.9 Å². The van der Waals surface area contributed by atoms with Crippen LogP contribution in [0.5, 0.6) is 11.5 Å². The van der Waals surface area contributed by atoms with Crippen LogP contribution in [-0.4, -0.2) is 57.3 Å². The number of halogens is 1. The Kier molecular flexibility index (Phi) is 9.77. The molecule has 3 aromatic rings. The van der Waals surface area contributed by atoms with Crippen molar-refractivity contribution in [2.24, 2.45) is 5.92 Å². The number of rotatable bonds is 12. The van der Waals surface area contributed by atoms with Gasteiger partial charge in [0.25, 0.3) is 0 Å². The topological polar surface area (TPSA) is 105 Å². The first-order chi connectivity index (χ1) is 19.5. The highest BCUT2D eigenvalue weighted by molar-refractivity contribution is 7.92. The van der Waals surface area contributed by atoms with Crippen LogP contribution in [-0.2, 0) is 32.6 Å². The molecular weight excluding hydrogens is 566 g/mol. The van der Waals surface area contributed by atoms with Crippen LogP contribution in [0.15, 0.2) is 72.8 Å². The van der Waals surface area contributed by atoms with Gasteiger partial charge in [0.2, 0.25) is 28.6 Å². The predicted octanol–water partition coefficient (Wildman–Crippen LogP) is 4.25. The molecule has 0 aromatic heterocycles. The first kappa shape index (κ1) is 30.2. The molecule has 3 aromatic carbocycles. The summed E-state index contributed by atoms with van der Waals surface area (Å²) in [5, 5.41) is 3.44. The lowest BCUT2D eigenvalue weighted by Crippen LogP contribution is -2.53. The van der Waals surface area contributed by atoms with Crippen LogP contribution in [0, 0.1) is 5.92 Å². The number of nitrogens with one attached hydrogen (secondary N) is 1. The molecule has 4 rings (SSSR count). The number of hydrogen-bond donors (Lipinski definition) is 1. The summed E-state index contributed by atoms with van der Waals surface area (Å²) in [7, 11) is -3.90. The third kappa shape index (κ3) is 8.14. The van der Waals surface area contributed by atoms with Gasteiger partial charge in [0.05, 0.1) is 11.9 Å². The number of ether oxygens (including phenoxy) is 2. The molecule has 0 bridgehead atoms. The summed E-state index contributed by atoms with van der Waals surface area (Å²) in [6.07, 6.45) is 1.27. The molecule has 0 fully saturated rings. The largest absolute Gasteiger partial charge is 0.454 e. The Hall–Kier alpha value is -3.76. The van der Waals surface area contributed by atoms with Crippen LogP contribution < -0.4 is 19.1 Å². The fourth-order valence-electron chi connectivity index (χ4n) is 4.46. The Morgan fingerprint density at radius 2 is 1.66 bits per heavy atom. The van der Waals surface area contributed by atoms with E-state index in [4.69, 9.17) is 21.1 Å². The van der Waals surface area contributed by atoms with E-state index in [9.17, 15) is 18.0 Å². The maximum atomic E-state index is 14.1. The number of carbonyl (C=O) groups is 2. The number of nitrogens with zero attached hydrogens (tertiary/aromatic N) is 2. The SMILES string of the molecule is CC(C)CNC(=O)[C@H](Cc1ccccc1)N(Cc1cccc(Cl)c1)C(=O)CN(c1ccc2c(c1)OCO2)S(C)(=O)=O. The number of benzene rings is 3. The third-order valence-electron chi connectivity index (χ3n) is 6.52.